The van der Waals surface area contributed by atoms with Crippen molar-refractivity contribution in [2.24, 2.45) is 0 Å². The Bertz CT molecular complexity index is 772. The van der Waals surface area contributed by atoms with E-state index in [4.69, 9.17) is 23.2 Å². The summed E-state index contributed by atoms with van der Waals surface area (Å²) in [7, 11) is 0. The molecular formula is C12H7Cl2NOS2. The molecule has 3 aromatic rings. The Hall–Kier alpha value is -0.810. The van der Waals surface area contributed by atoms with Gasteiger partial charge in [0.1, 0.15) is 4.34 Å². The largest absolute Gasteiger partial charge is 0.268 e. The highest BCUT2D eigenvalue weighted by Gasteiger charge is 2.12. The maximum Gasteiger partial charge on any atom is 0.262 e. The van der Waals surface area contributed by atoms with Crippen molar-refractivity contribution in [2.45, 2.75) is 6.54 Å². The molecule has 0 unspecified atom stereocenters. The second-order valence-electron chi connectivity index (χ2n) is 3.75. The number of fused-ring (bicyclic) bond motifs is 1. The topological polar surface area (TPSA) is 22.0 Å². The van der Waals surface area contributed by atoms with Gasteiger partial charge in [-0.15, -0.1) is 11.3 Å². The van der Waals surface area contributed by atoms with Crippen molar-refractivity contribution in [2.75, 3.05) is 0 Å². The average Bonchev–Trinajstić information content (AvgIpc) is 2.82. The molecule has 18 heavy (non-hydrogen) atoms. The van der Waals surface area contributed by atoms with Crippen LogP contribution in [0.2, 0.25) is 9.36 Å². The number of nitrogens with zero attached hydrogens (tertiary/aromatic N) is 1. The van der Waals surface area contributed by atoms with Gasteiger partial charge in [-0.3, -0.25) is 8.75 Å². The Morgan fingerprint density at radius 1 is 1.22 bits per heavy atom. The van der Waals surface area contributed by atoms with Crippen LogP contribution in [0.3, 0.4) is 0 Å². The van der Waals surface area contributed by atoms with Gasteiger partial charge in [-0.1, -0.05) is 41.4 Å². The van der Waals surface area contributed by atoms with Gasteiger partial charge in [0.2, 0.25) is 0 Å². The SMILES string of the molecule is O=c1cc(Cl)sn1Cc1sc2ccccc2c1Cl. The van der Waals surface area contributed by atoms with E-state index in [0.29, 0.717) is 10.9 Å². The molecule has 2 nitrogen and oxygen atoms in total. The van der Waals surface area contributed by atoms with Gasteiger partial charge in [-0.25, -0.2) is 0 Å². The summed E-state index contributed by atoms with van der Waals surface area (Å²) in [6.07, 6.45) is 0. The van der Waals surface area contributed by atoms with E-state index in [2.05, 4.69) is 0 Å². The number of benzene rings is 1. The van der Waals surface area contributed by atoms with Crippen molar-refractivity contribution < 1.29 is 0 Å². The summed E-state index contributed by atoms with van der Waals surface area (Å²) in [4.78, 5) is 12.6. The van der Waals surface area contributed by atoms with Crippen LogP contribution in [-0.4, -0.2) is 3.96 Å². The Morgan fingerprint density at radius 2 is 2.00 bits per heavy atom. The number of halogens is 2. The molecule has 0 spiro atoms. The van der Waals surface area contributed by atoms with E-state index in [-0.39, 0.29) is 5.56 Å². The molecule has 0 aliphatic heterocycles. The van der Waals surface area contributed by atoms with Crippen LogP contribution in [-0.2, 0) is 6.54 Å². The quantitative estimate of drug-likeness (QED) is 0.683. The highest BCUT2D eigenvalue weighted by Crippen LogP contribution is 2.35. The lowest BCUT2D eigenvalue weighted by Crippen LogP contribution is -2.11. The van der Waals surface area contributed by atoms with Gasteiger partial charge < -0.3 is 0 Å². The minimum atomic E-state index is -0.0847. The minimum absolute atomic E-state index is 0.0847. The number of hydrogen-bond donors (Lipinski definition) is 0. The van der Waals surface area contributed by atoms with Crippen LogP contribution in [0.25, 0.3) is 10.1 Å². The zero-order chi connectivity index (χ0) is 12.7. The van der Waals surface area contributed by atoms with Crippen molar-refractivity contribution in [3.63, 3.8) is 0 Å². The molecular weight excluding hydrogens is 309 g/mol. The lowest BCUT2D eigenvalue weighted by Gasteiger charge is -1.97. The van der Waals surface area contributed by atoms with Gasteiger partial charge in [-0.05, 0) is 17.6 Å². The van der Waals surface area contributed by atoms with Crippen molar-refractivity contribution in [3.8, 4) is 0 Å². The van der Waals surface area contributed by atoms with Crippen molar-refractivity contribution in [1.82, 2.24) is 3.96 Å². The second kappa shape index (κ2) is 4.70. The monoisotopic (exact) mass is 315 g/mol. The average molecular weight is 316 g/mol. The first kappa shape index (κ1) is 12.2. The Morgan fingerprint density at radius 3 is 2.67 bits per heavy atom. The summed E-state index contributed by atoms with van der Waals surface area (Å²) in [6.45, 7) is 0.481. The molecule has 0 atom stereocenters. The summed E-state index contributed by atoms with van der Waals surface area (Å²) in [6, 6.07) is 9.38. The smallest absolute Gasteiger partial charge is 0.262 e. The molecule has 0 N–H and O–H groups in total. The molecule has 0 amide bonds. The first-order chi connectivity index (χ1) is 8.65. The predicted octanol–water partition coefficient (Wildman–Crippen LogP) is 4.48. The van der Waals surface area contributed by atoms with Gasteiger partial charge in [-0.2, -0.15) is 0 Å². The van der Waals surface area contributed by atoms with E-state index >= 15 is 0 Å². The van der Waals surface area contributed by atoms with Gasteiger partial charge in [0, 0.05) is 21.0 Å². The van der Waals surface area contributed by atoms with Crippen LogP contribution in [0.5, 0.6) is 0 Å². The number of rotatable bonds is 2. The molecule has 2 aromatic heterocycles. The third kappa shape index (κ3) is 2.10. The molecule has 0 fully saturated rings. The summed E-state index contributed by atoms with van der Waals surface area (Å²) >= 11 is 15.0. The number of aromatic nitrogens is 1. The summed E-state index contributed by atoms with van der Waals surface area (Å²) < 4.78 is 3.24. The van der Waals surface area contributed by atoms with Gasteiger partial charge in [0.05, 0.1) is 11.6 Å². The predicted molar refractivity (Wildman–Crippen MR) is 79.5 cm³/mol. The Kier molecular flexibility index (Phi) is 3.20. The minimum Gasteiger partial charge on any atom is -0.268 e. The van der Waals surface area contributed by atoms with Crippen LogP contribution >= 0.6 is 46.1 Å². The lowest BCUT2D eigenvalue weighted by molar-refractivity contribution is 0.865. The fraction of sp³-hybridized carbons (Fsp3) is 0.0833. The number of hydrogen-bond acceptors (Lipinski definition) is 3. The molecule has 3 rings (SSSR count). The summed E-state index contributed by atoms with van der Waals surface area (Å²) in [5.41, 5.74) is -0.0847. The second-order valence-corrected chi connectivity index (χ2v) is 6.96. The van der Waals surface area contributed by atoms with Crippen LogP contribution in [0.15, 0.2) is 35.1 Å². The molecule has 0 aliphatic rings. The zero-order valence-electron chi connectivity index (χ0n) is 9.02. The highest BCUT2D eigenvalue weighted by atomic mass is 35.5. The molecule has 0 saturated carbocycles. The molecule has 0 saturated heterocycles. The lowest BCUT2D eigenvalue weighted by atomic mass is 10.2. The molecule has 1 aromatic carbocycles. The van der Waals surface area contributed by atoms with Crippen molar-refractivity contribution in [3.05, 3.63) is 54.9 Å². The van der Waals surface area contributed by atoms with Gasteiger partial charge in [0.15, 0.2) is 0 Å². The standard InChI is InChI=1S/C12H7Cl2NOS2/c13-10-5-11(16)15(18-10)6-9-12(14)7-3-1-2-4-8(7)17-9/h1-5H,6H2. The first-order valence-corrected chi connectivity index (χ1v) is 7.52. The maximum atomic E-state index is 11.6. The molecule has 0 radical (unpaired) electrons. The maximum absolute atomic E-state index is 11.6. The molecule has 92 valence electrons. The van der Waals surface area contributed by atoms with Crippen LogP contribution in [0.4, 0.5) is 0 Å². The van der Waals surface area contributed by atoms with Crippen LogP contribution in [0, 0.1) is 0 Å². The third-order valence-electron chi connectivity index (χ3n) is 2.57. The first-order valence-electron chi connectivity index (χ1n) is 5.18. The van der Waals surface area contributed by atoms with E-state index in [1.165, 1.54) is 17.6 Å². The normalized spacial score (nSPS) is 11.2. The third-order valence-corrected chi connectivity index (χ3v) is 5.41. The zero-order valence-corrected chi connectivity index (χ0v) is 12.2. The summed E-state index contributed by atoms with van der Waals surface area (Å²) in [5.74, 6) is 0. The van der Waals surface area contributed by atoms with E-state index in [9.17, 15) is 4.79 Å². The fourth-order valence-corrected chi connectivity index (χ4v) is 4.36. The number of thiophene rings is 1. The van der Waals surface area contributed by atoms with Crippen molar-refractivity contribution in [1.29, 1.82) is 0 Å². The van der Waals surface area contributed by atoms with Crippen LogP contribution in [0.1, 0.15) is 4.88 Å². The molecule has 0 aliphatic carbocycles. The van der Waals surface area contributed by atoms with E-state index in [1.54, 1.807) is 15.3 Å². The van der Waals surface area contributed by atoms with Gasteiger partial charge >= 0.3 is 0 Å². The highest BCUT2D eigenvalue weighted by molar-refractivity contribution is 7.20. The van der Waals surface area contributed by atoms with Crippen LogP contribution < -0.4 is 5.56 Å². The van der Waals surface area contributed by atoms with E-state index < -0.39 is 0 Å². The van der Waals surface area contributed by atoms with Gasteiger partial charge in [0.25, 0.3) is 5.56 Å². The summed E-state index contributed by atoms with van der Waals surface area (Å²) in [5, 5.41) is 1.77. The fourth-order valence-electron chi connectivity index (χ4n) is 1.75. The molecule has 6 heteroatoms. The van der Waals surface area contributed by atoms with Crippen molar-refractivity contribution >= 4 is 56.2 Å². The van der Waals surface area contributed by atoms with E-state index in [1.807, 2.05) is 24.3 Å². The molecule has 0 bridgehead atoms. The molecule has 2 heterocycles. The Balaban J connectivity index is 2.08. The van der Waals surface area contributed by atoms with E-state index in [0.717, 1.165) is 20.0 Å². The Labute approximate surface area is 121 Å².